The van der Waals surface area contributed by atoms with Gasteiger partial charge in [0.2, 0.25) is 0 Å². The maximum absolute atomic E-state index is 14.0. The van der Waals surface area contributed by atoms with Crippen LogP contribution in [0, 0.1) is 0 Å². The van der Waals surface area contributed by atoms with Crippen LogP contribution in [0.2, 0.25) is 0 Å². The summed E-state index contributed by atoms with van der Waals surface area (Å²) < 4.78 is 226. The van der Waals surface area contributed by atoms with E-state index in [4.69, 9.17) is 0 Å². The Morgan fingerprint density at radius 3 is 1.46 bits per heavy atom. The summed E-state index contributed by atoms with van der Waals surface area (Å²) in [7, 11) is 0. The molecule has 0 spiro atoms. The van der Waals surface area contributed by atoms with Gasteiger partial charge in [-0.05, 0) is 5.56 Å². The number of carbonyl (C=O) groups is 1. The predicted octanol–water partition coefficient (Wildman–Crippen LogP) is 3.34. The van der Waals surface area contributed by atoms with Crippen molar-refractivity contribution in [1.29, 1.82) is 0 Å². The molecule has 1 N–H and O–H groups in total. The summed E-state index contributed by atoms with van der Waals surface area (Å²) in [6, 6.07) is 2.99. The number of halogens is 17. The van der Waals surface area contributed by atoms with Gasteiger partial charge in [0.05, 0.1) is 0 Å². The average molecular weight is 643 g/mol. The number of nitrogens with zero attached hydrogens (tertiary/aromatic N) is 4. The molecule has 0 unspecified atom stereocenters. The normalized spacial score (nSPS) is 14.5. The van der Waals surface area contributed by atoms with E-state index in [-0.39, 0.29) is 47.4 Å². The van der Waals surface area contributed by atoms with Crippen LogP contribution < -0.4 is 29.6 Å². The third-order valence-corrected chi connectivity index (χ3v) is 4.91. The first-order valence-corrected chi connectivity index (χ1v) is 9.49. The molecule has 2 aromatic rings. The minimum atomic E-state index is -8.78. The van der Waals surface area contributed by atoms with Crippen molar-refractivity contribution >= 4 is 11.6 Å². The molecule has 0 fully saturated rings. The number of carbonyl (C=O) groups excluding carboxylic acids is 1. The standard InChI is InChI=1S/C17H8F17N5O.Na/c18-10(19,9(40)35-7-3-1-6(2-4-7)5-8-36-38-39-37-8)11(20,21)12(22,23)13(24,25)14(26,27)15(28,29)16(30,31)17(32,33)34;/h1-4H,5H2,(H2,35,36,37,38,39,40);/q;+1/p-1. The molecule has 226 valence electrons. The van der Waals surface area contributed by atoms with Gasteiger partial charge in [-0.15, -0.1) is 15.9 Å². The van der Waals surface area contributed by atoms with E-state index in [1.807, 2.05) is 0 Å². The monoisotopic (exact) mass is 643 g/mol. The Kier molecular flexibility index (Phi) is 9.82. The number of alkyl halides is 17. The third-order valence-electron chi connectivity index (χ3n) is 4.91. The zero-order chi connectivity index (χ0) is 31.4. The fraction of sp³-hybridized carbons (Fsp3) is 0.529. The van der Waals surface area contributed by atoms with Gasteiger partial charge in [0.25, 0.3) is 0 Å². The van der Waals surface area contributed by atoms with Crippen molar-refractivity contribution in [3.63, 3.8) is 0 Å². The molecule has 1 heterocycles. The number of aromatic nitrogens is 4. The summed E-state index contributed by atoms with van der Waals surface area (Å²) in [4.78, 5) is 11.5. The summed E-state index contributed by atoms with van der Waals surface area (Å²) in [6.07, 6.45) is -7.99. The third kappa shape index (κ3) is 5.67. The second kappa shape index (κ2) is 11.0. The molecule has 1 amide bonds. The molecule has 0 aliphatic rings. The zero-order valence-corrected chi connectivity index (χ0v) is 21.1. The molecule has 2 rings (SSSR count). The number of hydrogen-bond donors (Lipinski definition) is 1. The zero-order valence-electron chi connectivity index (χ0n) is 19.1. The van der Waals surface area contributed by atoms with Gasteiger partial charge in [-0.1, -0.05) is 29.5 Å². The van der Waals surface area contributed by atoms with Gasteiger partial charge in [0, 0.05) is 6.42 Å². The fourth-order valence-corrected chi connectivity index (χ4v) is 2.61. The van der Waals surface area contributed by atoms with E-state index < -0.39 is 59.2 Å². The second-order valence-corrected chi connectivity index (χ2v) is 7.61. The summed E-state index contributed by atoms with van der Waals surface area (Å²) >= 11 is 0. The van der Waals surface area contributed by atoms with E-state index in [0.717, 1.165) is 12.1 Å². The summed E-state index contributed by atoms with van der Waals surface area (Å²) in [5.74, 6) is -62.2. The topological polar surface area (TPSA) is 85.6 Å². The molecule has 0 saturated heterocycles. The Labute approximate surface area is 236 Å². The van der Waals surface area contributed by atoms with Crippen molar-refractivity contribution in [3.8, 4) is 0 Å². The first kappa shape index (κ1) is 36.6. The summed E-state index contributed by atoms with van der Waals surface area (Å²) in [5, 5.41) is 14.4. The second-order valence-electron chi connectivity index (χ2n) is 7.61. The van der Waals surface area contributed by atoms with Gasteiger partial charge in [0.15, 0.2) is 5.82 Å². The van der Waals surface area contributed by atoms with Gasteiger partial charge in [0.1, 0.15) is 5.91 Å². The molecule has 0 atom stereocenters. The molecular weight excluding hydrogens is 636 g/mol. The largest absolute Gasteiger partial charge is 1.00 e. The van der Waals surface area contributed by atoms with Crippen LogP contribution in [0.15, 0.2) is 24.3 Å². The number of H-pyrrole nitrogens is 1. The first-order valence-electron chi connectivity index (χ1n) is 9.49. The van der Waals surface area contributed by atoms with E-state index in [0.29, 0.717) is 12.1 Å². The average Bonchev–Trinajstić information content (AvgIpc) is 3.31. The van der Waals surface area contributed by atoms with Crippen LogP contribution in [-0.2, 0) is 11.2 Å². The van der Waals surface area contributed by atoms with E-state index in [9.17, 15) is 79.4 Å². The van der Waals surface area contributed by atoms with Crippen molar-refractivity contribution in [3.05, 3.63) is 41.0 Å². The van der Waals surface area contributed by atoms with Gasteiger partial charge in [-0.25, -0.2) is 0 Å². The number of tetrazole rings is 1. The molecule has 0 aliphatic heterocycles. The van der Waals surface area contributed by atoms with E-state index in [2.05, 4.69) is 25.9 Å². The maximum atomic E-state index is 14.0. The summed E-state index contributed by atoms with van der Waals surface area (Å²) in [5.41, 5.74) is -0.885. The molecule has 24 heteroatoms. The van der Waals surface area contributed by atoms with Crippen LogP contribution >= 0.6 is 0 Å². The molecular formula is C17H7F17N5NaO. The Bertz CT molecular complexity index is 1200. The molecule has 0 radical (unpaired) electrons. The Hall–Kier alpha value is -2.43. The van der Waals surface area contributed by atoms with E-state index >= 15 is 0 Å². The molecule has 1 aromatic carbocycles. The number of aromatic amines is 1. The number of benzene rings is 1. The molecule has 1 aromatic heterocycles. The summed E-state index contributed by atoms with van der Waals surface area (Å²) in [6.45, 7) is 0. The number of hydrogen-bond acceptors (Lipinski definition) is 4. The minimum Gasteiger partial charge on any atom is -0.622 e. The van der Waals surface area contributed by atoms with Crippen LogP contribution in [-0.4, -0.2) is 74.2 Å². The molecule has 41 heavy (non-hydrogen) atoms. The molecule has 0 aliphatic carbocycles. The maximum Gasteiger partial charge on any atom is 1.00 e. The quantitative estimate of drug-likeness (QED) is 0.318. The van der Waals surface area contributed by atoms with Crippen molar-refractivity contribution < 1.29 is 109 Å². The molecule has 6 nitrogen and oxygen atoms in total. The van der Waals surface area contributed by atoms with Crippen molar-refractivity contribution in [2.24, 2.45) is 0 Å². The van der Waals surface area contributed by atoms with Crippen molar-refractivity contribution in [2.75, 3.05) is 0 Å². The predicted molar refractivity (Wildman–Crippen MR) is 92.1 cm³/mol. The van der Waals surface area contributed by atoms with Crippen LogP contribution in [0.3, 0.4) is 0 Å². The first-order chi connectivity index (χ1) is 17.7. The fourth-order valence-electron chi connectivity index (χ4n) is 2.61. The van der Waals surface area contributed by atoms with Gasteiger partial charge in [-0.2, -0.15) is 79.9 Å². The molecule has 0 bridgehead atoms. The van der Waals surface area contributed by atoms with Crippen LogP contribution in [0.5, 0.6) is 0 Å². The SMILES string of the molecule is O=C([N-]c1ccc(Cc2nn[nH]n2)cc1)C(F)(F)C(F)(F)C(F)(F)C(F)(F)C(F)(F)C(F)(F)C(F)(F)C(F)(F)F.[Na+]. The Morgan fingerprint density at radius 1 is 0.659 bits per heavy atom. The van der Waals surface area contributed by atoms with Crippen LogP contribution in [0.4, 0.5) is 80.3 Å². The van der Waals surface area contributed by atoms with Crippen molar-refractivity contribution in [2.45, 2.75) is 54.1 Å². The number of amides is 1. The van der Waals surface area contributed by atoms with E-state index in [1.54, 1.807) is 0 Å². The van der Waals surface area contributed by atoms with Gasteiger partial charge in [-0.3, -0.25) is 0 Å². The van der Waals surface area contributed by atoms with Gasteiger partial charge >= 0.3 is 77.2 Å². The minimum absolute atomic E-state index is 0. The van der Waals surface area contributed by atoms with Crippen molar-refractivity contribution in [1.82, 2.24) is 20.6 Å². The Morgan fingerprint density at radius 2 is 1.07 bits per heavy atom. The smallest absolute Gasteiger partial charge is 0.622 e. The van der Waals surface area contributed by atoms with E-state index in [1.165, 1.54) is 0 Å². The van der Waals surface area contributed by atoms with Crippen LogP contribution in [0.1, 0.15) is 11.4 Å². The number of rotatable bonds is 10. The van der Waals surface area contributed by atoms with Gasteiger partial charge < -0.3 is 10.1 Å². The van der Waals surface area contributed by atoms with Crippen LogP contribution in [0.25, 0.3) is 5.32 Å². The number of nitrogens with one attached hydrogen (secondary N) is 1. The Balaban J connectivity index is 0.00000840. The molecule has 0 saturated carbocycles.